The van der Waals surface area contributed by atoms with E-state index in [1.807, 2.05) is 0 Å². The third-order valence-corrected chi connectivity index (χ3v) is 4.31. The molecule has 1 N–H and O–H groups in total. The van der Waals surface area contributed by atoms with E-state index in [0.717, 1.165) is 25.0 Å². The molecule has 2 unspecified atom stereocenters. The summed E-state index contributed by atoms with van der Waals surface area (Å²) in [6.45, 7) is 11.3. The standard InChI is InChI=1S/C16H32N2O/c1-4-17-11-15-7-8-16(19-15)12-18(14-5-6-14)10-9-13(2)3/h13-17H,4-12H2,1-3H3. The molecule has 2 atom stereocenters. The van der Waals surface area contributed by atoms with Crippen molar-refractivity contribution >= 4 is 0 Å². The first kappa shape index (κ1) is 15.3. The topological polar surface area (TPSA) is 24.5 Å². The van der Waals surface area contributed by atoms with E-state index in [2.05, 4.69) is 31.0 Å². The van der Waals surface area contributed by atoms with Crippen LogP contribution in [0.25, 0.3) is 0 Å². The van der Waals surface area contributed by atoms with Crippen LogP contribution in [0.2, 0.25) is 0 Å². The van der Waals surface area contributed by atoms with Crippen molar-refractivity contribution < 1.29 is 4.74 Å². The first-order valence-electron chi connectivity index (χ1n) is 8.29. The van der Waals surface area contributed by atoms with Gasteiger partial charge in [0, 0.05) is 19.1 Å². The number of rotatable bonds is 9. The summed E-state index contributed by atoms with van der Waals surface area (Å²) in [5, 5.41) is 3.40. The number of ether oxygens (including phenoxy) is 1. The summed E-state index contributed by atoms with van der Waals surface area (Å²) in [7, 11) is 0. The van der Waals surface area contributed by atoms with Crippen molar-refractivity contribution in [1.29, 1.82) is 0 Å². The van der Waals surface area contributed by atoms with Gasteiger partial charge in [-0.25, -0.2) is 0 Å². The Balaban J connectivity index is 1.69. The van der Waals surface area contributed by atoms with Crippen molar-refractivity contribution in [1.82, 2.24) is 10.2 Å². The number of nitrogens with zero attached hydrogens (tertiary/aromatic N) is 1. The Morgan fingerprint density at radius 1 is 1.16 bits per heavy atom. The average molecular weight is 268 g/mol. The van der Waals surface area contributed by atoms with Crippen molar-refractivity contribution in [3.63, 3.8) is 0 Å². The Kier molecular flexibility index (Phi) is 6.11. The largest absolute Gasteiger partial charge is 0.372 e. The van der Waals surface area contributed by atoms with Gasteiger partial charge in [-0.2, -0.15) is 0 Å². The Bertz CT molecular complexity index is 253. The lowest BCUT2D eigenvalue weighted by Crippen LogP contribution is -2.36. The minimum atomic E-state index is 0.455. The first-order valence-corrected chi connectivity index (χ1v) is 8.29. The maximum Gasteiger partial charge on any atom is 0.0707 e. The molecule has 1 aliphatic carbocycles. The van der Waals surface area contributed by atoms with Crippen molar-refractivity contribution in [3.05, 3.63) is 0 Å². The van der Waals surface area contributed by atoms with E-state index >= 15 is 0 Å². The van der Waals surface area contributed by atoms with Crippen LogP contribution < -0.4 is 5.32 Å². The van der Waals surface area contributed by atoms with Gasteiger partial charge in [-0.05, 0) is 51.1 Å². The molecule has 2 aliphatic rings. The first-order chi connectivity index (χ1) is 9.19. The smallest absolute Gasteiger partial charge is 0.0707 e. The fraction of sp³-hybridized carbons (Fsp3) is 1.00. The SMILES string of the molecule is CCNCC1CCC(CN(CCC(C)C)C2CC2)O1. The van der Waals surface area contributed by atoms with Crippen LogP contribution in [0, 0.1) is 5.92 Å². The molecule has 1 saturated carbocycles. The highest BCUT2D eigenvalue weighted by Gasteiger charge is 2.33. The monoisotopic (exact) mass is 268 g/mol. The van der Waals surface area contributed by atoms with Gasteiger partial charge < -0.3 is 10.1 Å². The van der Waals surface area contributed by atoms with Gasteiger partial charge in [0.15, 0.2) is 0 Å². The molecule has 0 bridgehead atoms. The second kappa shape index (κ2) is 7.61. The van der Waals surface area contributed by atoms with Crippen LogP contribution in [0.4, 0.5) is 0 Å². The lowest BCUT2D eigenvalue weighted by Gasteiger charge is -2.26. The minimum absolute atomic E-state index is 0.455. The van der Waals surface area contributed by atoms with Crippen LogP contribution in [0.1, 0.15) is 52.9 Å². The molecule has 0 aromatic rings. The van der Waals surface area contributed by atoms with Crippen LogP contribution in [-0.4, -0.2) is 49.3 Å². The highest BCUT2D eigenvalue weighted by molar-refractivity contribution is 4.87. The second-order valence-electron chi connectivity index (χ2n) is 6.67. The summed E-state index contributed by atoms with van der Waals surface area (Å²) in [4.78, 5) is 2.69. The molecule has 3 heteroatoms. The van der Waals surface area contributed by atoms with E-state index in [9.17, 15) is 0 Å². The molecule has 0 radical (unpaired) electrons. The highest BCUT2D eigenvalue weighted by Crippen LogP contribution is 2.29. The Morgan fingerprint density at radius 3 is 2.53 bits per heavy atom. The molecule has 1 aliphatic heterocycles. The van der Waals surface area contributed by atoms with E-state index in [-0.39, 0.29) is 0 Å². The van der Waals surface area contributed by atoms with Crippen molar-refractivity contribution in [3.8, 4) is 0 Å². The van der Waals surface area contributed by atoms with Crippen LogP contribution >= 0.6 is 0 Å². The van der Waals surface area contributed by atoms with Crippen molar-refractivity contribution in [2.75, 3.05) is 26.2 Å². The maximum atomic E-state index is 6.17. The molecule has 0 aromatic carbocycles. The quantitative estimate of drug-likeness (QED) is 0.696. The van der Waals surface area contributed by atoms with Gasteiger partial charge in [0.1, 0.15) is 0 Å². The van der Waals surface area contributed by atoms with Crippen LogP contribution in [-0.2, 0) is 4.74 Å². The van der Waals surface area contributed by atoms with Crippen molar-refractivity contribution in [2.24, 2.45) is 5.92 Å². The van der Waals surface area contributed by atoms with E-state index < -0.39 is 0 Å². The zero-order valence-corrected chi connectivity index (χ0v) is 13.0. The second-order valence-corrected chi connectivity index (χ2v) is 6.67. The fourth-order valence-corrected chi connectivity index (χ4v) is 2.92. The zero-order chi connectivity index (χ0) is 13.7. The molecular formula is C16H32N2O. The summed E-state index contributed by atoms with van der Waals surface area (Å²) < 4.78 is 6.17. The van der Waals surface area contributed by atoms with E-state index in [1.165, 1.54) is 45.2 Å². The van der Waals surface area contributed by atoms with E-state index in [1.54, 1.807) is 0 Å². The van der Waals surface area contributed by atoms with Gasteiger partial charge in [-0.15, -0.1) is 0 Å². The van der Waals surface area contributed by atoms with Crippen LogP contribution in [0.5, 0.6) is 0 Å². The molecule has 0 amide bonds. The zero-order valence-electron chi connectivity index (χ0n) is 13.0. The number of hydrogen-bond donors (Lipinski definition) is 1. The van der Waals surface area contributed by atoms with E-state index in [0.29, 0.717) is 12.2 Å². The molecule has 0 aromatic heterocycles. The molecule has 3 nitrogen and oxygen atoms in total. The third kappa shape index (κ3) is 5.41. The number of hydrogen-bond acceptors (Lipinski definition) is 3. The van der Waals surface area contributed by atoms with Crippen LogP contribution in [0.3, 0.4) is 0 Å². The molecule has 1 heterocycles. The molecular weight excluding hydrogens is 236 g/mol. The molecule has 2 fully saturated rings. The predicted molar refractivity (Wildman–Crippen MR) is 80.5 cm³/mol. The summed E-state index contributed by atoms with van der Waals surface area (Å²) in [5.74, 6) is 0.812. The number of likely N-dealkylation sites (N-methyl/N-ethyl adjacent to an activating group) is 1. The lowest BCUT2D eigenvalue weighted by atomic mass is 10.1. The molecule has 19 heavy (non-hydrogen) atoms. The third-order valence-electron chi connectivity index (χ3n) is 4.31. The maximum absolute atomic E-state index is 6.17. The van der Waals surface area contributed by atoms with Gasteiger partial charge in [0.2, 0.25) is 0 Å². The summed E-state index contributed by atoms with van der Waals surface area (Å²) in [6, 6.07) is 0.871. The predicted octanol–water partition coefficient (Wildman–Crippen LogP) is 2.65. The lowest BCUT2D eigenvalue weighted by molar-refractivity contribution is 0.0211. The molecule has 2 rings (SSSR count). The Morgan fingerprint density at radius 2 is 1.89 bits per heavy atom. The average Bonchev–Trinajstić information content (AvgIpc) is 3.13. The van der Waals surface area contributed by atoms with Gasteiger partial charge in [0.05, 0.1) is 12.2 Å². The van der Waals surface area contributed by atoms with Gasteiger partial charge in [-0.3, -0.25) is 4.90 Å². The summed E-state index contributed by atoms with van der Waals surface area (Å²) in [5.41, 5.74) is 0. The Labute approximate surface area is 119 Å². The van der Waals surface area contributed by atoms with Gasteiger partial charge in [-0.1, -0.05) is 20.8 Å². The molecule has 112 valence electrons. The molecule has 1 saturated heterocycles. The van der Waals surface area contributed by atoms with Crippen molar-refractivity contribution in [2.45, 2.75) is 71.1 Å². The molecule has 0 spiro atoms. The van der Waals surface area contributed by atoms with Gasteiger partial charge in [0.25, 0.3) is 0 Å². The van der Waals surface area contributed by atoms with Gasteiger partial charge >= 0.3 is 0 Å². The summed E-state index contributed by atoms with van der Waals surface area (Å²) >= 11 is 0. The fourth-order valence-electron chi connectivity index (χ4n) is 2.92. The van der Waals surface area contributed by atoms with Crippen LogP contribution in [0.15, 0.2) is 0 Å². The minimum Gasteiger partial charge on any atom is -0.372 e. The normalized spacial score (nSPS) is 27.6. The number of nitrogens with one attached hydrogen (secondary N) is 1. The summed E-state index contributed by atoms with van der Waals surface area (Å²) in [6.07, 6.45) is 7.57. The highest BCUT2D eigenvalue weighted by atomic mass is 16.5. The van der Waals surface area contributed by atoms with E-state index in [4.69, 9.17) is 4.74 Å². The Hall–Kier alpha value is -0.120.